The van der Waals surface area contributed by atoms with Gasteiger partial charge in [-0.15, -0.1) is 0 Å². The Morgan fingerprint density at radius 3 is 2.48 bits per heavy atom. The maximum absolute atomic E-state index is 12.0. The summed E-state index contributed by atoms with van der Waals surface area (Å²) < 4.78 is 34.0. The molecule has 21 heavy (non-hydrogen) atoms. The van der Waals surface area contributed by atoms with Crippen molar-refractivity contribution < 1.29 is 17.3 Å². The van der Waals surface area contributed by atoms with E-state index >= 15 is 0 Å². The van der Waals surface area contributed by atoms with Crippen molar-refractivity contribution in [1.82, 2.24) is 4.98 Å². The topological polar surface area (TPSA) is 65.5 Å². The van der Waals surface area contributed by atoms with Gasteiger partial charge in [0, 0.05) is 18.2 Å². The average Bonchev–Trinajstić information content (AvgIpc) is 2.48. The predicted octanol–water partition coefficient (Wildman–Crippen LogP) is 2.35. The fraction of sp³-hybridized carbons (Fsp3) is 0.267. The smallest absolute Gasteiger partial charge is 0.296 e. The third-order valence-electron chi connectivity index (χ3n) is 2.90. The van der Waals surface area contributed by atoms with Gasteiger partial charge in [-0.05, 0) is 25.1 Å². The third-order valence-corrected chi connectivity index (χ3v) is 4.22. The van der Waals surface area contributed by atoms with E-state index in [2.05, 4.69) is 4.98 Å². The van der Waals surface area contributed by atoms with Crippen LogP contribution in [0.2, 0.25) is 0 Å². The molecule has 0 aliphatic carbocycles. The summed E-state index contributed by atoms with van der Waals surface area (Å²) in [6.07, 6.45) is 0.391. The van der Waals surface area contributed by atoms with Crippen LogP contribution in [0.5, 0.6) is 5.88 Å². The van der Waals surface area contributed by atoms with E-state index in [1.54, 1.807) is 30.3 Å². The molecule has 0 saturated heterocycles. The lowest BCUT2D eigenvalue weighted by Gasteiger charge is -2.06. The number of benzene rings is 1. The summed E-state index contributed by atoms with van der Waals surface area (Å²) in [6.45, 7) is 1.93. The highest BCUT2D eigenvalue weighted by molar-refractivity contribution is 7.86. The van der Waals surface area contributed by atoms with Gasteiger partial charge in [0.15, 0.2) is 0 Å². The molecule has 0 atom stereocenters. The van der Waals surface area contributed by atoms with Gasteiger partial charge in [-0.2, -0.15) is 8.42 Å². The minimum absolute atomic E-state index is 0.0381. The summed E-state index contributed by atoms with van der Waals surface area (Å²) in [4.78, 5) is 4.36. The van der Waals surface area contributed by atoms with Gasteiger partial charge in [-0.3, -0.25) is 4.18 Å². The molecule has 0 N–H and O–H groups in total. The Hall–Kier alpha value is -1.92. The van der Waals surface area contributed by atoms with Crippen LogP contribution in [-0.4, -0.2) is 27.1 Å². The molecule has 0 aliphatic heterocycles. The van der Waals surface area contributed by atoms with Crippen molar-refractivity contribution in [3.8, 4) is 5.88 Å². The van der Waals surface area contributed by atoms with Gasteiger partial charge in [0.05, 0.1) is 18.6 Å². The highest BCUT2D eigenvalue weighted by Gasteiger charge is 2.14. The zero-order chi connectivity index (χ0) is 15.3. The first-order valence-electron chi connectivity index (χ1n) is 6.47. The Bertz CT molecular complexity index is 696. The van der Waals surface area contributed by atoms with Gasteiger partial charge in [-0.25, -0.2) is 4.98 Å². The van der Waals surface area contributed by atoms with Gasteiger partial charge < -0.3 is 4.74 Å². The van der Waals surface area contributed by atoms with Crippen molar-refractivity contribution in [2.24, 2.45) is 0 Å². The Kier molecular flexibility index (Phi) is 4.93. The van der Waals surface area contributed by atoms with E-state index in [-0.39, 0.29) is 11.5 Å². The van der Waals surface area contributed by atoms with Crippen LogP contribution >= 0.6 is 0 Å². The van der Waals surface area contributed by atoms with Crippen LogP contribution in [0.25, 0.3) is 0 Å². The Labute approximate surface area is 124 Å². The third kappa shape index (κ3) is 4.27. The van der Waals surface area contributed by atoms with Gasteiger partial charge in [0.2, 0.25) is 5.88 Å². The fourth-order valence-electron chi connectivity index (χ4n) is 1.74. The summed E-state index contributed by atoms with van der Waals surface area (Å²) in [6, 6.07) is 11.9. The SMILES string of the molecule is COc1cccc(CCOS(=O)(=O)c2ccc(C)cc2)n1. The van der Waals surface area contributed by atoms with Gasteiger partial charge in [-0.1, -0.05) is 23.8 Å². The summed E-state index contributed by atoms with van der Waals surface area (Å²) in [5.74, 6) is 0.494. The number of rotatable bonds is 6. The lowest BCUT2D eigenvalue weighted by molar-refractivity contribution is 0.320. The first kappa shape index (κ1) is 15.5. The van der Waals surface area contributed by atoms with Crippen LogP contribution in [-0.2, 0) is 20.7 Å². The van der Waals surface area contributed by atoms with Gasteiger partial charge in [0.25, 0.3) is 10.1 Å². The highest BCUT2D eigenvalue weighted by atomic mass is 32.2. The van der Waals surface area contributed by atoms with E-state index in [1.807, 2.05) is 6.92 Å². The number of hydrogen-bond donors (Lipinski definition) is 0. The number of nitrogens with zero attached hydrogens (tertiary/aromatic N) is 1. The lowest BCUT2D eigenvalue weighted by Crippen LogP contribution is -2.09. The number of aryl methyl sites for hydroxylation is 1. The molecule has 0 aliphatic rings. The maximum Gasteiger partial charge on any atom is 0.296 e. The molecule has 0 bridgehead atoms. The molecular weight excluding hydrogens is 290 g/mol. The number of aromatic nitrogens is 1. The predicted molar refractivity (Wildman–Crippen MR) is 78.8 cm³/mol. The van der Waals surface area contributed by atoms with Crippen LogP contribution in [0.3, 0.4) is 0 Å². The van der Waals surface area contributed by atoms with Crippen LogP contribution in [0.1, 0.15) is 11.3 Å². The van der Waals surface area contributed by atoms with E-state index in [1.165, 1.54) is 19.2 Å². The Morgan fingerprint density at radius 1 is 1.10 bits per heavy atom. The molecule has 1 heterocycles. The number of hydrogen-bond acceptors (Lipinski definition) is 5. The molecule has 2 rings (SSSR count). The summed E-state index contributed by atoms with van der Waals surface area (Å²) >= 11 is 0. The number of methoxy groups -OCH3 is 1. The van der Waals surface area contributed by atoms with E-state index in [4.69, 9.17) is 8.92 Å². The van der Waals surface area contributed by atoms with Crippen molar-refractivity contribution in [2.45, 2.75) is 18.2 Å². The van der Waals surface area contributed by atoms with Crippen LogP contribution in [0.15, 0.2) is 47.4 Å². The normalized spacial score (nSPS) is 11.3. The van der Waals surface area contributed by atoms with Crippen LogP contribution in [0.4, 0.5) is 0 Å². The van der Waals surface area contributed by atoms with Crippen molar-refractivity contribution in [2.75, 3.05) is 13.7 Å². The van der Waals surface area contributed by atoms with E-state index in [9.17, 15) is 8.42 Å². The minimum Gasteiger partial charge on any atom is -0.481 e. The molecule has 1 aromatic carbocycles. The zero-order valence-corrected chi connectivity index (χ0v) is 12.8. The molecule has 0 spiro atoms. The number of ether oxygens (including phenoxy) is 1. The molecule has 0 amide bonds. The molecule has 0 unspecified atom stereocenters. The monoisotopic (exact) mass is 307 g/mol. The molecular formula is C15H17NO4S. The summed E-state index contributed by atoms with van der Waals surface area (Å²) in [5, 5.41) is 0. The van der Waals surface area contributed by atoms with Crippen molar-refractivity contribution in [1.29, 1.82) is 0 Å². The molecule has 112 valence electrons. The van der Waals surface area contributed by atoms with Crippen molar-refractivity contribution in [3.63, 3.8) is 0 Å². The molecule has 2 aromatic rings. The molecule has 0 radical (unpaired) electrons. The van der Waals surface area contributed by atoms with Gasteiger partial charge in [0.1, 0.15) is 0 Å². The van der Waals surface area contributed by atoms with Crippen LogP contribution < -0.4 is 4.74 Å². The molecule has 6 heteroatoms. The highest BCUT2D eigenvalue weighted by Crippen LogP contribution is 2.14. The maximum atomic E-state index is 12.0. The average molecular weight is 307 g/mol. The first-order valence-corrected chi connectivity index (χ1v) is 7.88. The lowest BCUT2D eigenvalue weighted by atomic mass is 10.2. The van der Waals surface area contributed by atoms with Crippen molar-refractivity contribution in [3.05, 3.63) is 53.7 Å². The Morgan fingerprint density at radius 2 is 1.81 bits per heavy atom. The second kappa shape index (κ2) is 6.69. The molecule has 1 aromatic heterocycles. The van der Waals surface area contributed by atoms with E-state index in [0.717, 1.165) is 5.56 Å². The minimum atomic E-state index is -3.72. The second-order valence-corrected chi connectivity index (χ2v) is 6.13. The molecule has 0 saturated carbocycles. The molecule has 5 nitrogen and oxygen atoms in total. The molecule has 0 fully saturated rings. The second-order valence-electron chi connectivity index (χ2n) is 4.51. The van der Waals surface area contributed by atoms with E-state index < -0.39 is 10.1 Å². The largest absolute Gasteiger partial charge is 0.481 e. The van der Waals surface area contributed by atoms with Crippen molar-refractivity contribution >= 4 is 10.1 Å². The van der Waals surface area contributed by atoms with Crippen LogP contribution in [0, 0.1) is 6.92 Å². The standard InChI is InChI=1S/C15H17NO4S/c1-12-6-8-14(9-7-12)21(17,18)20-11-10-13-4-3-5-15(16-13)19-2/h3-9H,10-11H2,1-2H3. The first-order chi connectivity index (χ1) is 10.0. The number of pyridine rings is 1. The zero-order valence-electron chi connectivity index (χ0n) is 11.9. The summed E-state index contributed by atoms with van der Waals surface area (Å²) in [7, 11) is -2.19. The quantitative estimate of drug-likeness (QED) is 0.766. The summed E-state index contributed by atoms with van der Waals surface area (Å²) in [5.41, 5.74) is 1.71. The fourth-order valence-corrected chi connectivity index (χ4v) is 2.65. The van der Waals surface area contributed by atoms with Gasteiger partial charge >= 0.3 is 0 Å². The Balaban J connectivity index is 1.97. The van der Waals surface area contributed by atoms with E-state index in [0.29, 0.717) is 18.0 Å².